The van der Waals surface area contributed by atoms with E-state index in [1.54, 1.807) is 6.20 Å². The molecule has 0 unspecified atom stereocenters. The van der Waals surface area contributed by atoms with Gasteiger partial charge in [0.15, 0.2) is 17.9 Å². The standard InChI is InChI=1S/C20H18N6O/c1-2-22-20(27)25-19-23-16-11-15(14-7-6-8-21-13-14)12-17(18(16)24-19)26-9-4-3-5-10-26/h3-13H,2H2,1H3,(H2-,22,23,24,25,27)/p+1. The molecule has 4 rings (SSSR count). The molecule has 0 spiro atoms. The van der Waals surface area contributed by atoms with E-state index < -0.39 is 0 Å². The summed E-state index contributed by atoms with van der Waals surface area (Å²) >= 11 is 0. The van der Waals surface area contributed by atoms with Crippen LogP contribution in [-0.2, 0) is 0 Å². The van der Waals surface area contributed by atoms with Crippen LogP contribution in [0.3, 0.4) is 0 Å². The Bertz CT molecular complexity index is 1080. The molecule has 0 atom stereocenters. The van der Waals surface area contributed by atoms with E-state index in [2.05, 4.69) is 31.7 Å². The van der Waals surface area contributed by atoms with Crippen molar-refractivity contribution < 1.29 is 9.36 Å². The maximum Gasteiger partial charge on any atom is 0.321 e. The van der Waals surface area contributed by atoms with Crippen LogP contribution in [0.25, 0.3) is 27.8 Å². The Balaban J connectivity index is 1.86. The lowest BCUT2D eigenvalue weighted by Gasteiger charge is -2.03. The number of hydrogen-bond acceptors (Lipinski definition) is 3. The predicted octanol–water partition coefficient (Wildman–Crippen LogP) is 3.04. The summed E-state index contributed by atoms with van der Waals surface area (Å²) in [6.45, 7) is 2.41. The highest BCUT2D eigenvalue weighted by molar-refractivity contribution is 5.93. The summed E-state index contributed by atoms with van der Waals surface area (Å²) in [6, 6.07) is 13.6. The average molecular weight is 359 g/mol. The molecule has 2 amide bonds. The van der Waals surface area contributed by atoms with E-state index in [-0.39, 0.29) is 6.03 Å². The van der Waals surface area contributed by atoms with Crippen LogP contribution in [-0.4, -0.2) is 27.5 Å². The van der Waals surface area contributed by atoms with Crippen molar-refractivity contribution in [2.24, 2.45) is 0 Å². The third-order valence-corrected chi connectivity index (χ3v) is 4.12. The molecule has 0 saturated carbocycles. The second-order valence-corrected chi connectivity index (χ2v) is 5.99. The van der Waals surface area contributed by atoms with Crippen molar-refractivity contribution in [3.05, 3.63) is 67.3 Å². The normalized spacial score (nSPS) is 10.7. The van der Waals surface area contributed by atoms with Crippen molar-refractivity contribution in [3.8, 4) is 16.8 Å². The first-order chi connectivity index (χ1) is 13.2. The van der Waals surface area contributed by atoms with Gasteiger partial charge in [-0.3, -0.25) is 10.3 Å². The number of urea groups is 1. The van der Waals surface area contributed by atoms with E-state index in [9.17, 15) is 4.79 Å². The molecule has 0 aliphatic rings. The van der Waals surface area contributed by atoms with Gasteiger partial charge in [0.1, 0.15) is 0 Å². The number of H-pyrrole nitrogens is 1. The van der Waals surface area contributed by atoms with Gasteiger partial charge < -0.3 is 10.3 Å². The number of anilines is 1. The van der Waals surface area contributed by atoms with Crippen molar-refractivity contribution in [2.75, 3.05) is 11.9 Å². The van der Waals surface area contributed by atoms with Crippen LogP contribution in [0.2, 0.25) is 0 Å². The highest BCUT2D eigenvalue weighted by atomic mass is 16.2. The zero-order valence-corrected chi connectivity index (χ0v) is 14.8. The number of nitrogens with zero attached hydrogens (tertiary/aromatic N) is 3. The van der Waals surface area contributed by atoms with E-state index in [1.807, 2.05) is 66.5 Å². The number of carbonyl (C=O) groups is 1. The number of imidazole rings is 1. The van der Waals surface area contributed by atoms with E-state index in [4.69, 9.17) is 0 Å². The van der Waals surface area contributed by atoms with Gasteiger partial charge in [0, 0.05) is 42.7 Å². The van der Waals surface area contributed by atoms with Crippen molar-refractivity contribution in [1.29, 1.82) is 0 Å². The van der Waals surface area contributed by atoms with Crippen LogP contribution in [0.15, 0.2) is 67.3 Å². The zero-order chi connectivity index (χ0) is 18.6. The largest absolute Gasteiger partial charge is 0.338 e. The Morgan fingerprint density at radius 1 is 1.15 bits per heavy atom. The van der Waals surface area contributed by atoms with Crippen LogP contribution in [0.1, 0.15) is 6.92 Å². The molecular formula is C20H19N6O+. The second kappa shape index (κ2) is 7.25. The van der Waals surface area contributed by atoms with Crippen LogP contribution < -0.4 is 15.2 Å². The van der Waals surface area contributed by atoms with Crippen LogP contribution in [0.5, 0.6) is 0 Å². The fourth-order valence-corrected chi connectivity index (χ4v) is 2.93. The minimum absolute atomic E-state index is 0.294. The Morgan fingerprint density at radius 3 is 2.74 bits per heavy atom. The summed E-state index contributed by atoms with van der Waals surface area (Å²) in [4.78, 5) is 23.8. The molecule has 3 heterocycles. The summed E-state index contributed by atoms with van der Waals surface area (Å²) in [5, 5.41) is 5.43. The topological polar surface area (TPSA) is 86.6 Å². The van der Waals surface area contributed by atoms with Gasteiger partial charge in [0.2, 0.25) is 11.6 Å². The minimum Gasteiger partial charge on any atom is -0.338 e. The number of hydrogen-bond donors (Lipinski definition) is 3. The number of aromatic amines is 1. The first kappa shape index (κ1) is 16.7. The van der Waals surface area contributed by atoms with Gasteiger partial charge in [-0.2, -0.15) is 4.57 Å². The number of amides is 2. The molecule has 7 nitrogen and oxygen atoms in total. The van der Waals surface area contributed by atoms with Crippen molar-refractivity contribution >= 4 is 23.0 Å². The Morgan fingerprint density at radius 2 is 2.00 bits per heavy atom. The molecule has 0 bridgehead atoms. The van der Waals surface area contributed by atoms with Gasteiger partial charge in [-0.05, 0) is 24.6 Å². The molecule has 3 aromatic heterocycles. The van der Waals surface area contributed by atoms with Crippen LogP contribution in [0, 0.1) is 0 Å². The molecule has 7 heteroatoms. The summed E-state index contributed by atoms with van der Waals surface area (Å²) in [5.74, 6) is 0.400. The number of benzene rings is 1. The molecule has 4 aromatic rings. The molecule has 3 N–H and O–H groups in total. The number of nitrogens with one attached hydrogen (secondary N) is 3. The van der Waals surface area contributed by atoms with Gasteiger partial charge in [0.05, 0.1) is 5.52 Å². The number of aromatic nitrogens is 4. The fourth-order valence-electron chi connectivity index (χ4n) is 2.93. The van der Waals surface area contributed by atoms with Crippen molar-refractivity contribution in [2.45, 2.75) is 6.92 Å². The number of fused-ring (bicyclic) bond motifs is 1. The van der Waals surface area contributed by atoms with Crippen molar-refractivity contribution in [3.63, 3.8) is 0 Å². The summed E-state index contributed by atoms with van der Waals surface area (Å²) in [5.41, 5.74) is 4.52. The molecule has 0 aliphatic carbocycles. The molecular weight excluding hydrogens is 340 g/mol. The summed E-state index contributed by atoms with van der Waals surface area (Å²) in [6.07, 6.45) is 7.50. The Labute approximate surface area is 156 Å². The van der Waals surface area contributed by atoms with Crippen LogP contribution >= 0.6 is 0 Å². The highest BCUT2D eigenvalue weighted by Crippen LogP contribution is 2.27. The van der Waals surface area contributed by atoms with E-state index in [1.165, 1.54) is 0 Å². The molecule has 0 radical (unpaired) electrons. The lowest BCUT2D eigenvalue weighted by atomic mass is 10.1. The Hall–Kier alpha value is -3.74. The maximum absolute atomic E-state index is 11.8. The van der Waals surface area contributed by atoms with Crippen molar-refractivity contribution in [1.82, 2.24) is 20.3 Å². The van der Waals surface area contributed by atoms with Gasteiger partial charge in [-0.25, -0.2) is 9.78 Å². The van der Waals surface area contributed by atoms with Crippen LogP contribution in [0.4, 0.5) is 10.7 Å². The van der Waals surface area contributed by atoms with Gasteiger partial charge >= 0.3 is 6.03 Å². The number of carbonyl (C=O) groups excluding carboxylic acids is 1. The molecule has 0 saturated heterocycles. The number of rotatable bonds is 4. The lowest BCUT2D eigenvalue weighted by Crippen LogP contribution is -2.29. The molecule has 0 fully saturated rings. The first-order valence-corrected chi connectivity index (χ1v) is 8.70. The van der Waals surface area contributed by atoms with E-state index >= 15 is 0 Å². The quantitative estimate of drug-likeness (QED) is 0.490. The third kappa shape index (κ3) is 3.48. The van der Waals surface area contributed by atoms with Gasteiger partial charge in [0.25, 0.3) is 0 Å². The molecule has 134 valence electrons. The smallest absolute Gasteiger partial charge is 0.321 e. The monoisotopic (exact) mass is 359 g/mol. The average Bonchev–Trinajstić information content (AvgIpc) is 3.11. The van der Waals surface area contributed by atoms with Gasteiger partial charge in [-0.1, -0.05) is 12.1 Å². The molecule has 27 heavy (non-hydrogen) atoms. The zero-order valence-electron chi connectivity index (χ0n) is 14.8. The maximum atomic E-state index is 11.8. The number of pyridine rings is 2. The second-order valence-electron chi connectivity index (χ2n) is 5.99. The first-order valence-electron chi connectivity index (χ1n) is 8.70. The molecule has 0 aliphatic heterocycles. The molecule has 1 aromatic carbocycles. The highest BCUT2D eigenvalue weighted by Gasteiger charge is 2.18. The third-order valence-electron chi connectivity index (χ3n) is 4.12. The van der Waals surface area contributed by atoms with Gasteiger partial charge in [-0.15, -0.1) is 0 Å². The lowest BCUT2D eigenvalue weighted by molar-refractivity contribution is -0.594. The predicted molar refractivity (Wildman–Crippen MR) is 104 cm³/mol. The SMILES string of the molecule is CCNC(=O)Nc1nc2c(-[n+]3ccccc3)cc(-c3cccnc3)cc2[nH]1. The Kier molecular flexibility index (Phi) is 4.49. The summed E-state index contributed by atoms with van der Waals surface area (Å²) < 4.78 is 2.00. The fraction of sp³-hybridized carbons (Fsp3) is 0.100. The van der Waals surface area contributed by atoms with E-state index in [0.717, 1.165) is 27.8 Å². The summed E-state index contributed by atoms with van der Waals surface area (Å²) in [7, 11) is 0. The minimum atomic E-state index is -0.294. The van der Waals surface area contributed by atoms with E-state index in [0.29, 0.717) is 12.5 Å².